The van der Waals surface area contributed by atoms with Gasteiger partial charge < -0.3 is 10.3 Å². The van der Waals surface area contributed by atoms with Crippen LogP contribution < -0.4 is 5.32 Å². The van der Waals surface area contributed by atoms with Crippen LogP contribution in [0.15, 0.2) is 42.2 Å². The Hall–Kier alpha value is -2.87. The molecule has 1 heterocycles. The first-order chi connectivity index (χ1) is 10.1. The lowest BCUT2D eigenvalue weighted by Crippen LogP contribution is -2.28. The molecule has 2 aromatic rings. The number of carbonyl (C=O) groups is 1. The molecule has 5 heteroatoms. The van der Waals surface area contributed by atoms with Crippen LogP contribution in [0.4, 0.5) is 0 Å². The molecule has 2 rings (SSSR count). The van der Waals surface area contributed by atoms with Crippen LogP contribution in [0.25, 0.3) is 6.08 Å². The Morgan fingerprint density at radius 1 is 1.48 bits per heavy atom. The highest BCUT2D eigenvalue weighted by Gasteiger charge is 2.15. The van der Waals surface area contributed by atoms with Crippen molar-refractivity contribution in [1.82, 2.24) is 15.3 Å². The minimum absolute atomic E-state index is 0.0189. The first-order valence-corrected chi connectivity index (χ1v) is 6.59. The predicted octanol–water partition coefficient (Wildman–Crippen LogP) is 2.50. The summed E-state index contributed by atoms with van der Waals surface area (Å²) >= 11 is 0. The second kappa shape index (κ2) is 6.53. The van der Waals surface area contributed by atoms with Gasteiger partial charge in [-0.15, -0.1) is 0 Å². The molecule has 0 spiro atoms. The van der Waals surface area contributed by atoms with Crippen molar-refractivity contribution in [2.24, 2.45) is 0 Å². The van der Waals surface area contributed by atoms with E-state index in [1.54, 1.807) is 12.4 Å². The number of imidazole rings is 1. The van der Waals surface area contributed by atoms with Gasteiger partial charge in [0.1, 0.15) is 17.5 Å². The molecular weight excluding hydrogens is 264 g/mol. The van der Waals surface area contributed by atoms with E-state index >= 15 is 0 Å². The van der Waals surface area contributed by atoms with E-state index in [1.807, 2.05) is 44.2 Å². The molecule has 0 fully saturated rings. The highest BCUT2D eigenvalue weighted by molar-refractivity contribution is 6.01. The number of nitriles is 1. The molecule has 0 unspecified atom stereocenters. The van der Waals surface area contributed by atoms with Crippen molar-refractivity contribution in [3.05, 3.63) is 59.2 Å². The number of aryl methyl sites for hydroxylation is 1. The summed E-state index contributed by atoms with van der Waals surface area (Å²) in [6.07, 6.45) is 4.63. The van der Waals surface area contributed by atoms with Crippen molar-refractivity contribution in [1.29, 1.82) is 5.26 Å². The van der Waals surface area contributed by atoms with E-state index in [1.165, 1.54) is 6.08 Å². The largest absolute Gasteiger partial charge is 0.345 e. The van der Waals surface area contributed by atoms with Crippen molar-refractivity contribution in [3.63, 3.8) is 0 Å². The summed E-state index contributed by atoms with van der Waals surface area (Å²) in [5.41, 5.74) is 2.14. The molecule has 5 nitrogen and oxygen atoms in total. The molecule has 0 saturated heterocycles. The number of aromatic amines is 1. The monoisotopic (exact) mass is 280 g/mol. The molecule has 0 bridgehead atoms. The van der Waals surface area contributed by atoms with Crippen molar-refractivity contribution < 1.29 is 4.79 Å². The number of hydrogen-bond donors (Lipinski definition) is 2. The van der Waals surface area contributed by atoms with Crippen molar-refractivity contribution in [3.8, 4) is 6.07 Å². The zero-order chi connectivity index (χ0) is 15.2. The number of H-pyrrole nitrogens is 1. The molecule has 0 radical (unpaired) electrons. The Labute approximate surface area is 123 Å². The molecule has 0 aliphatic carbocycles. The summed E-state index contributed by atoms with van der Waals surface area (Å²) in [6, 6.07) is 9.55. The third-order valence-electron chi connectivity index (χ3n) is 3.17. The Bertz CT molecular complexity index is 695. The molecule has 21 heavy (non-hydrogen) atoms. The molecule has 0 aliphatic rings. The van der Waals surface area contributed by atoms with Gasteiger partial charge in [0.25, 0.3) is 5.91 Å². The van der Waals surface area contributed by atoms with Crippen LogP contribution in [-0.2, 0) is 4.79 Å². The van der Waals surface area contributed by atoms with Crippen LogP contribution in [0.5, 0.6) is 0 Å². The molecule has 1 amide bonds. The van der Waals surface area contributed by atoms with Crippen LogP contribution in [0.3, 0.4) is 0 Å². The second-order valence-corrected chi connectivity index (χ2v) is 4.70. The second-order valence-electron chi connectivity index (χ2n) is 4.70. The summed E-state index contributed by atoms with van der Waals surface area (Å²) in [5.74, 6) is 0.0647. The third-order valence-corrected chi connectivity index (χ3v) is 3.17. The van der Waals surface area contributed by atoms with E-state index in [0.29, 0.717) is 5.82 Å². The summed E-state index contributed by atoms with van der Waals surface area (Å²) in [6.45, 7) is 3.88. The highest BCUT2D eigenvalue weighted by atomic mass is 16.1. The number of aromatic nitrogens is 2. The van der Waals surface area contributed by atoms with Crippen LogP contribution in [0.1, 0.15) is 29.9 Å². The predicted molar refractivity (Wildman–Crippen MR) is 79.9 cm³/mol. The minimum atomic E-state index is -0.412. The fraction of sp³-hybridized carbons (Fsp3) is 0.188. The topological polar surface area (TPSA) is 81.6 Å². The lowest BCUT2D eigenvalue weighted by molar-refractivity contribution is -0.117. The Morgan fingerprint density at radius 3 is 2.86 bits per heavy atom. The molecular formula is C16H16N4O. The number of amides is 1. The van der Waals surface area contributed by atoms with Crippen LogP contribution in [0, 0.1) is 18.3 Å². The summed E-state index contributed by atoms with van der Waals surface area (Å²) in [5, 5.41) is 11.9. The maximum Gasteiger partial charge on any atom is 0.262 e. The molecule has 1 aromatic heterocycles. The number of rotatable bonds is 4. The third kappa shape index (κ3) is 3.57. The van der Waals surface area contributed by atoms with Crippen molar-refractivity contribution >= 4 is 12.0 Å². The summed E-state index contributed by atoms with van der Waals surface area (Å²) in [7, 11) is 0. The maximum absolute atomic E-state index is 12.2. The lowest BCUT2D eigenvalue weighted by atomic mass is 10.0. The molecule has 1 aromatic carbocycles. The van der Waals surface area contributed by atoms with Crippen LogP contribution in [-0.4, -0.2) is 15.9 Å². The van der Waals surface area contributed by atoms with Crippen LogP contribution >= 0.6 is 0 Å². The molecule has 1 atom stereocenters. The maximum atomic E-state index is 12.2. The SMILES string of the molecule is Cc1ccccc1[C@H](C)NC(=O)/C(C#N)=C/c1ncc[nH]1. The smallest absolute Gasteiger partial charge is 0.262 e. The Balaban J connectivity index is 2.14. The van der Waals surface area contributed by atoms with Crippen molar-refractivity contribution in [2.75, 3.05) is 0 Å². The normalized spacial score (nSPS) is 12.5. The van der Waals surface area contributed by atoms with E-state index in [2.05, 4.69) is 15.3 Å². The van der Waals surface area contributed by atoms with E-state index in [9.17, 15) is 4.79 Å². The number of nitrogens with one attached hydrogen (secondary N) is 2. The van der Waals surface area contributed by atoms with Gasteiger partial charge in [0, 0.05) is 18.5 Å². The van der Waals surface area contributed by atoms with E-state index in [4.69, 9.17) is 5.26 Å². The van der Waals surface area contributed by atoms with Gasteiger partial charge >= 0.3 is 0 Å². The van der Waals surface area contributed by atoms with Gasteiger partial charge in [-0.3, -0.25) is 4.79 Å². The summed E-state index contributed by atoms with van der Waals surface area (Å²) < 4.78 is 0. The molecule has 0 aliphatic heterocycles. The number of nitrogens with zero attached hydrogens (tertiary/aromatic N) is 2. The average Bonchev–Trinajstić information content (AvgIpc) is 2.98. The van der Waals surface area contributed by atoms with Gasteiger partial charge in [0.15, 0.2) is 0 Å². The van der Waals surface area contributed by atoms with Crippen molar-refractivity contribution in [2.45, 2.75) is 19.9 Å². The Morgan fingerprint density at radius 2 is 2.24 bits per heavy atom. The first-order valence-electron chi connectivity index (χ1n) is 6.59. The zero-order valence-corrected chi connectivity index (χ0v) is 11.9. The first kappa shape index (κ1) is 14.5. The van der Waals surface area contributed by atoms with Gasteiger partial charge in [-0.1, -0.05) is 24.3 Å². The molecule has 0 saturated carbocycles. The van der Waals surface area contributed by atoms with Gasteiger partial charge in [0.05, 0.1) is 6.04 Å². The fourth-order valence-corrected chi connectivity index (χ4v) is 2.07. The minimum Gasteiger partial charge on any atom is -0.345 e. The van der Waals surface area contributed by atoms with E-state index in [0.717, 1.165) is 11.1 Å². The van der Waals surface area contributed by atoms with Gasteiger partial charge in [-0.2, -0.15) is 5.26 Å². The number of carbonyl (C=O) groups excluding carboxylic acids is 1. The van der Waals surface area contributed by atoms with Crippen LogP contribution in [0.2, 0.25) is 0 Å². The van der Waals surface area contributed by atoms with Gasteiger partial charge in [0.2, 0.25) is 0 Å². The molecule has 2 N–H and O–H groups in total. The standard InChI is InChI=1S/C16H16N4O/c1-11-5-3-4-6-14(11)12(2)20-16(21)13(10-17)9-15-18-7-8-19-15/h3-9,12H,1-2H3,(H,18,19)(H,20,21)/b13-9+/t12-/m0/s1. The highest BCUT2D eigenvalue weighted by Crippen LogP contribution is 2.17. The van der Waals surface area contributed by atoms with E-state index < -0.39 is 5.91 Å². The average molecular weight is 280 g/mol. The number of benzene rings is 1. The van der Waals surface area contributed by atoms with Gasteiger partial charge in [-0.25, -0.2) is 4.98 Å². The quantitative estimate of drug-likeness (QED) is 0.667. The zero-order valence-electron chi connectivity index (χ0n) is 11.9. The molecule has 106 valence electrons. The van der Waals surface area contributed by atoms with Gasteiger partial charge in [-0.05, 0) is 25.0 Å². The van der Waals surface area contributed by atoms with E-state index in [-0.39, 0.29) is 11.6 Å². The fourth-order valence-electron chi connectivity index (χ4n) is 2.07. The Kier molecular flexibility index (Phi) is 4.52. The summed E-state index contributed by atoms with van der Waals surface area (Å²) in [4.78, 5) is 19.0. The number of hydrogen-bond acceptors (Lipinski definition) is 3. The lowest BCUT2D eigenvalue weighted by Gasteiger charge is -2.16.